The van der Waals surface area contributed by atoms with Gasteiger partial charge in [-0.05, 0) is 43.3 Å². The van der Waals surface area contributed by atoms with Crippen molar-refractivity contribution in [2.75, 3.05) is 19.8 Å². The Balaban J connectivity index is 1.82. The van der Waals surface area contributed by atoms with Crippen LogP contribution in [0.2, 0.25) is 0 Å². The summed E-state index contributed by atoms with van der Waals surface area (Å²) in [5.74, 6) is 0.164. The van der Waals surface area contributed by atoms with Gasteiger partial charge < -0.3 is 14.8 Å². The third-order valence-corrected chi connectivity index (χ3v) is 3.13. The molecule has 134 valence electrons. The molecule has 2 aromatic rings. The largest absolute Gasteiger partial charge is 0.492 e. The SMILES string of the molecule is CCOc1ncccc1C(=O)NCCOc1ccc(C(F)(F)F)cc1. The van der Waals surface area contributed by atoms with Gasteiger partial charge in [0.25, 0.3) is 5.91 Å². The van der Waals surface area contributed by atoms with E-state index in [1.807, 2.05) is 0 Å². The lowest BCUT2D eigenvalue weighted by Gasteiger charge is -2.11. The first-order chi connectivity index (χ1) is 11.9. The molecule has 0 radical (unpaired) electrons. The van der Waals surface area contributed by atoms with Crippen LogP contribution < -0.4 is 14.8 Å². The van der Waals surface area contributed by atoms with E-state index in [1.165, 1.54) is 18.3 Å². The van der Waals surface area contributed by atoms with Crippen LogP contribution in [0.5, 0.6) is 11.6 Å². The Bertz CT molecular complexity index is 703. The van der Waals surface area contributed by atoms with Gasteiger partial charge >= 0.3 is 6.18 Å². The predicted molar refractivity (Wildman–Crippen MR) is 84.7 cm³/mol. The Morgan fingerprint density at radius 1 is 1.16 bits per heavy atom. The zero-order chi connectivity index (χ0) is 18.3. The quantitative estimate of drug-likeness (QED) is 0.775. The highest BCUT2D eigenvalue weighted by molar-refractivity contribution is 5.96. The van der Waals surface area contributed by atoms with Crippen LogP contribution in [0.15, 0.2) is 42.6 Å². The summed E-state index contributed by atoms with van der Waals surface area (Å²) in [5.41, 5.74) is -0.438. The molecule has 1 N–H and O–H groups in total. The van der Waals surface area contributed by atoms with Crippen LogP contribution in [-0.2, 0) is 6.18 Å². The number of nitrogens with one attached hydrogen (secondary N) is 1. The molecule has 0 aliphatic carbocycles. The zero-order valence-corrected chi connectivity index (χ0v) is 13.5. The number of rotatable bonds is 7. The number of pyridine rings is 1. The number of carbonyl (C=O) groups excluding carboxylic acids is 1. The van der Waals surface area contributed by atoms with Crippen molar-refractivity contribution >= 4 is 5.91 Å². The van der Waals surface area contributed by atoms with Gasteiger partial charge in [0.15, 0.2) is 0 Å². The van der Waals surface area contributed by atoms with Crippen LogP contribution in [-0.4, -0.2) is 30.6 Å². The van der Waals surface area contributed by atoms with Crippen molar-refractivity contribution in [3.8, 4) is 11.6 Å². The minimum atomic E-state index is -4.38. The molecular weight excluding hydrogens is 337 g/mol. The monoisotopic (exact) mass is 354 g/mol. The van der Waals surface area contributed by atoms with Gasteiger partial charge in [-0.3, -0.25) is 4.79 Å². The van der Waals surface area contributed by atoms with E-state index >= 15 is 0 Å². The Labute approximate surface area is 142 Å². The number of alkyl halides is 3. The Kier molecular flexibility index (Phi) is 6.21. The molecule has 25 heavy (non-hydrogen) atoms. The molecule has 0 saturated carbocycles. The minimum Gasteiger partial charge on any atom is -0.492 e. The highest BCUT2D eigenvalue weighted by Gasteiger charge is 2.30. The number of carbonyl (C=O) groups is 1. The second-order valence-corrected chi connectivity index (χ2v) is 4.92. The average molecular weight is 354 g/mol. The summed E-state index contributed by atoms with van der Waals surface area (Å²) in [6.45, 7) is 2.46. The topological polar surface area (TPSA) is 60.5 Å². The number of hydrogen-bond donors (Lipinski definition) is 1. The Morgan fingerprint density at radius 3 is 2.52 bits per heavy atom. The molecule has 0 spiro atoms. The van der Waals surface area contributed by atoms with E-state index in [0.717, 1.165) is 12.1 Å². The van der Waals surface area contributed by atoms with Gasteiger partial charge in [0.05, 0.1) is 18.7 Å². The van der Waals surface area contributed by atoms with E-state index in [9.17, 15) is 18.0 Å². The molecule has 0 atom stereocenters. The number of nitrogens with zero attached hydrogens (tertiary/aromatic N) is 1. The van der Waals surface area contributed by atoms with Crippen molar-refractivity contribution in [2.45, 2.75) is 13.1 Å². The van der Waals surface area contributed by atoms with Gasteiger partial charge in [0.2, 0.25) is 5.88 Å². The first kappa shape index (κ1) is 18.6. The van der Waals surface area contributed by atoms with E-state index in [0.29, 0.717) is 17.9 Å². The predicted octanol–water partition coefficient (Wildman–Crippen LogP) is 3.31. The summed E-state index contributed by atoms with van der Waals surface area (Å²) in [6, 6.07) is 7.56. The van der Waals surface area contributed by atoms with Crippen LogP contribution in [0.1, 0.15) is 22.8 Å². The molecule has 0 saturated heterocycles. The molecule has 0 bridgehead atoms. The van der Waals surface area contributed by atoms with Gasteiger partial charge in [0, 0.05) is 6.20 Å². The normalized spacial score (nSPS) is 11.0. The van der Waals surface area contributed by atoms with E-state index < -0.39 is 11.7 Å². The number of ether oxygens (including phenoxy) is 2. The van der Waals surface area contributed by atoms with Gasteiger partial charge in [0.1, 0.15) is 17.9 Å². The third-order valence-electron chi connectivity index (χ3n) is 3.13. The number of hydrogen-bond acceptors (Lipinski definition) is 4. The van der Waals surface area contributed by atoms with Crippen molar-refractivity contribution in [1.29, 1.82) is 0 Å². The Morgan fingerprint density at radius 2 is 1.88 bits per heavy atom. The molecule has 1 aromatic heterocycles. The molecule has 0 unspecified atom stereocenters. The van der Waals surface area contributed by atoms with Crippen molar-refractivity contribution in [3.05, 3.63) is 53.7 Å². The maximum atomic E-state index is 12.5. The zero-order valence-electron chi connectivity index (χ0n) is 13.5. The molecule has 0 fully saturated rings. The molecule has 1 heterocycles. The van der Waals surface area contributed by atoms with E-state index in [-0.39, 0.29) is 24.9 Å². The lowest BCUT2D eigenvalue weighted by molar-refractivity contribution is -0.137. The Hall–Kier alpha value is -2.77. The van der Waals surface area contributed by atoms with Crippen LogP contribution in [0.3, 0.4) is 0 Å². The van der Waals surface area contributed by atoms with Crippen molar-refractivity contribution < 1.29 is 27.4 Å². The molecule has 5 nitrogen and oxygen atoms in total. The average Bonchev–Trinajstić information content (AvgIpc) is 2.59. The van der Waals surface area contributed by atoms with Gasteiger partial charge in [-0.15, -0.1) is 0 Å². The second kappa shape index (κ2) is 8.36. The van der Waals surface area contributed by atoms with Crippen LogP contribution in [0, 0.1) is 0 Å². The van der Waals surface area contributed by atoms with Crippen molar-refractivity contribution in [3.63, 3.8) is 0 Å². The highest BCUT2D eigenvalue weighted by Crippen LogP contribution is 2.30. The summed E-state index contributed by atoms with van der Waals surface area (Å²) in [7, 11) is 0. The van der Waals surface area contributed by atoms with Gasteiger partial charge in [-0.1, -0.05) is 0 Å². The lowest BCUT2D eigenvalue weighted by Crippen LogP contribution is -2.28. The van der Waals surface area contributed by atoms with Crippen molar-refractivity contribution in [2.24, 2.45) is 0 Å². The standard InChI is InChI=1S/C17H17F3N2O3/c1-2-24-16-14(4-3-9-22-16)15(23)21-10-11-25-13-7-5-12(6-8-13)17(18,19)20/h3-9H,2,10-11H2,1H3,(H,21,23). The second-order valence-electron chi connectivity index (χ2n) is 4.92. The minimum absolute atomic E-state index is 0.112. The molecule has 0 aliphatic heterocycles. The number of halogens is 3. The maximum absolute atomic E-state index is 12.5. The fraction of sp³-hybridized carbons (Fsp3) is 0.294. The number of aromatic nitrogens is 1. The smallest absolute Gasteiger partial charge is 0.416 e. The van der Waals surface area contributed by atoms with E-state index in [2.05, 4.69) is 10.3 Å². The van der Waals surface area contributed by atoms with Crippen LogP contribution in [0.4, 0.5) is 13.2 Å². The molecule has 1 aromatic carbocycles. The van der Waals surface area contributed by atoms with Crippen molar-refractivity contribution in [1.82, 2.24) is 10.3 Å². The third kappa shape index (κ3) is 5.37. The first-order valence-electron chi connectivity index (χ1n) is 7.58. The van der Waals surface area contributed by atoms with Gasteiger partial charge in [-0.25, -0.2) is 4.98 Å². The van der Waals surface area contributed by atoms with Gasteiger partial charge in [-0.2, -0.15) is 13.2 Å². The van der Waals surface area contributed by atoms with E-state index in [4.69, 9.17) is 9.47 Å². The fourth-order valence-corrected chi connectivity index (χ4v) is 1.98. The molecule has 1 amide bonds. The summed E-state index contributed by atoms with van der Waals surface area (Å²) in [5, 5.41) is 2.64. The highest BCUT2D eigenvalue weighted by atomic mass is 19.4. The fourth-order valence-electron chi connectivity index (χ4n) is 1.98. The van der Waals surface area contributed by atoms with Crippen LogP contribution in [0.25, 0.3) is 0 Å². The maximum Gasteiger partial charge on any atom is 0.416 e. The number of amides is 1. The summed E-state index contributed by atoms with van der Waals surface area (Å²) in [4.78, 5) is 16.1. The van der Waals surface area contributed by atoms with Crippen LogP contribution >= 0.6 is 0 Å². The lowest BCUT2D eigenvalue weighted by atomic mass is 10.2. The van der Waals surface area contributed by atoms with E-state index in [1.54, 1.807) is 19.1 Å². The first-order valence-corrected chi connectivity index (χ1v) is 7.58. The molecule has 0 aliphatic rings. The number of benzene rings is 1. The molecular formula is C17H17F3N2O3. The summed E-state index contributed by atoms with van der Waals surface area (Å²) in [6.07, 6.45) is -2.86. The molecule has 2 rings (SSSR count). The molecule has 8 heteroatoms. The summed E-state index contributed by atoms with van der Waals surface area (Å²) >= 11 is 0. The summed E-state index contributed by atoms with van der Waals surface area (Å²) < 4.78 is 48.0.